The summed E-state index contributed by atoms with van der Waals surface area (Å²) in [5.41, 5.74) is -0.588. The van der Waals surface area contributed by atoms with E-state index in [0.29, 0.717) is 17.5 Å². The highest BCUT2D eigenvalue weighted by Gasteiger charge is 2.30. The highest BCUT2D eigenvalue weighted by molar-refractivity contribution is 5.94. The van der Waals surface area contributed by atoms with Crippen LogP contribution in [0.4, 0.5) is 16.4 Å². The number of anilines is 2. The van der Waals surface area contributed by atoms with E-state index in [4.69, 9.17) is 4.74 Å². The smallest absolute Gasteiger partial charge is 0.413 e. The number of hydrogen-bond donors (Lipinski definition) is 2. The lowest BCUT2D eigenvalue weighted by Crippen LogP contribution is -2.27. The van der Waals surface area contributed by atoms with Crippen molar-refractivity contribution < 1.29 is 14.3 Å². The van der Waals surface area contributed by atoms with Gasteiger partial charge in [-0.2, -0.15) is 0 Å². The van der Waals surface area contributed by atoms with Gasteiger partial charge in [0.1, 0.15) is 23.1 Å². The zero-order valence-electron chi connectivity index (χ0n) is 12.7. The van der Waals surface area contributed by atoms with E-state index >= 15 is 0 Å². The first kappa shape index (κ1) is 15.2. The second-order valence-corrected chi connectivity index (χ2v) is 6.08. The predicted molar refractivity (Wildman–Crippen MR) is 78.0 cm³/mol. The van der Waals surface area contributed by atoms with E-state index in [-0.39, 0.29) is 11.8 Å². The fourth-order valence-corrected chi connectivity index (χ4v) is 1.68. The van der Waals surface area contributed by atoms with E-state index in [1.165, 1.54) is 6.07 Å². The van der Waals surface area contributed by atoms with Crippen LogP contribution in [0.25, 0.3) is 0 Å². The molecule has 1 aromatic rings. The Kier molecular flexibility index (Phi) is 4.11. The molecule has 1 saturated carbocycles. The second-order valence-electron chi connectivity index (χ2n) is 6.08. The molecule has 1 aliphatic carbocycles. The summed E-state index contributed by atoms with van der Waals surface area (Å²) in [6.45, 7) is 7.02. The minimum atomic E-state index is -0.597. The van der Waals surface area contributed by atoms with Crippen molar-refractivity contribution >= 4 is 23.6 Å². The van der Waals surface area contributed by atoms with Crippen LogP contribution in [0.15, 0.2) is 6.07 Å². The van der Waals surface area contributed by atoms with Crippen LogP contribution in [0.3, 0.4) is 0 Å². The van der Waals surface area contributed by atoms with Gasteiger partial charge in [0.15, 0.2) is 0 Å². The van der Waals surface area contributed by atoms with Gasteiger partial charge in [-0.05, 0) is 40.5 Å². The lowest BCUT2D eigenvalue weighted by Gasteiger charge is -2.19. The second kappa shape index (κ2) is 5.67. The number of carbonyl (C=O) groups is 2. The molecule has 2 N–H and O–H groups in total. The molecule has 2 rings (SSSR count). The number of nitrogens with zero attached hydrogens (tertiary/aromatic N) is 2. The Balaban J connectivity index is 2.04. The normalized spacial score (nSPS) is 14.5. The fraction of sp³-hybridized carbons (Fsp3) is 0.571. The third-order valence-electron chi connectivity index (χ3n) is 2.67. The molecule has 21 heavy (non-hydrogen) atoms. The molecule has 0 unspecified atom stereocenters. The molecule has 0 saturated heterocycles. The first-order chi connectivity index (χ1) is 9.73. The zero-order valence-corrected chi connectivity index (χ0v) is 12.7. The van der Waals surface area contributed by atoms with Crippen LogP contribution >= 0.6 is 0 Å². The van der Waals surface area contributed by atoms with Crippen molar-refractivity contribution in [1.29, 1.82) is 0 Å². The molecular formula is C14H20N4O3. The number of amides is 2. The molecule has 0 bridgehead atoms. The number of rotatable bonds is 3. The molecule has 2 amide bonds. The summed E-state index contributed by atoms with van der Waals surface area (Å²) in [4.78, 5) is 31.7. The Morgan fingerprint density at radius 3 is 2.29 bits per heavy atom. The van der Waals surface area contributed by atoms with Gasteiger partial charge in [0.05, 0.1) is 0 Å². The Morgan fingerprint density at radius 2 is 1.76 bits per heavy atom. The molecular weight excluding hydrogens is 272 g/mol. The van der Waals surface area contributed by atoms with E-state index in [9.17, 15) is 9.59 Å². The standard InChI is InChI=1S/C14H20N4O3/c1-8-15-10(17-12(19)9-5-6-9)7-11(16-8)18-13(20)21-14(2,3)4/h7,9H,5-6H2,1-4H3,(H2,15,16,17,18,19,20). The summed E-state index contributed by atoms with van der Waals surface area (Å²) in [6, 6.07) is 1.51. The molecule has 1 fully saturated rings. The molecule has 0 radical (unpaired) electrons. The van der Waals surface area contributed by atoms with E-state index in [1.54, 1.807) is 27.7 Å². The Morgan fingerprint density at radius 1 is 1.19 bits per heavy atom. The summed E-state index contributed by atoms with van der Waals surface area (Å²) in [6.07, 6.45) is 1.23. The first-order valence-electron chi connectivity index (χ1n) is 6.89. The van der Waals surface area contributed by atoms with Gasteiger partial charge in [-0.15, -0.1) is 0 Å². The molecule has 0 atom stereocenters. The number of ether oxygens (including phenoxy) is 1. The molecule has 0 spiro atoms. The van der Waals surface area contributed by atoms with Crippen molar-refractivity contribution in [2.75, 3.05) is 10.6 Å². The third-order valence-corrected chi connectivity index (χ3v) is 2.67. The maximum Gasteiger partial charge on any atom is 0.413 e. The summed E-state index contributed by atoms with van der Waals surface area (Å²) in [5.74, 6) is 1.17. The Labute approximate surface area is 123 Å². The van der Waals surface area contributed by atoms with Crippen LogP contribution in [0.2, 0.25) is 0 Å². The molecule has 7 nitrogen and oxygen atoms in total. The third kappa shape index (κ3) is 5.02. The molecule has 0 aromatic carbocycles. The molecule has 1 aromatic heterocycles. The van der Waals surface area contributed by atoms with E-state index in [0.717, 1.165) is 12.8 Å². The van der Waals surface area contributed by atoms with Crippen LogP contribution in [0, 0.1) is 12.8 Å². The van der Waals surface area contributed by atoms with Gasteiger partial charge in [-0.25, -0.2) is 14.8 Å². The fourth-order valence-electron chi connectivity index (χ4n) is 1.68. The zero-order chi connectivity index (χ0) is 15.6. The Hall–Kier alpha value is -2.18. The monoisotopic (exact) mass is 292 g/mol. The van der Waals surface area contributed by atoms with Crippen LogP contribution in [-0.4, -0.2) is 27.6 Å². The van der Waals surface area contributed by atoms with Gasteiger partial charge in [0.25, 0.3) is 0 Å². The molecule has 0 aliphatic heterocycles. The molecule has 1 heterocycles. The maximum absolute atomic E-state index is 11.7. The molecule has 7 heteroatoms. The summed E-state index contributed by atoms with van der Waals surface area (Å²) in [7, 11) is 0. The van der Waals surface area contributed by atoms with Crippen molar-refractivity contribution in [2.24, 2.45) is 5.92 Å². The van der Waals surface area contributed by atoms with Crippen molar-refractivity contribution in [3.8, 4) is 0 Å². The van der Waals surface area contributed by atoms with Gasteiger partial charge in [0, 0.05) is 12.0 Å². The molecule has 114 valence electrons. The molecule has 1 aliphatic rings. The van der Waals surface area contributed by atoms with Crippen molar-refractivity contribution in [3.05, 3.63) is 11.9 Å². The lowest BCUT2D eigenvalue weighted by molar-refractivity contribution is -0.117. The van der Waals surface area contributed by atoms with Gasteiger partial charge >= 0.3 is 6.09 Å². The topological polar surface area (TPSA) is 93.2 Å². The summed E-state index contributed by atoms with van der Waals surface area (Å²) >= 11 is 0. The van der Waals surface area contributed by atoms with Crippen molar-refractivity contribution in [3.63, 3.8) is 0 Å². The largest absolute Gasteiger partial charge is 0.444 e. The minimum absolute atomic E-state index is 0.0451. The summed E-state index contributed by atoms with van der Waals surface area (Å²) in [5, 5.41) is 5.26. The van der Waals surface area contributed by atoms with Crippen LogP contribution < -0.4 is 10.6 Å². The van der Waals surface area contributed by atoms with Crippen LogP contribution in [-0.2, 0) is 9.53 Å². The number of aryl methyl sites for hydroxylation is 1. The number of nitrogens with one attached hydrogen (secondary N) is 2. The quantitative estimate of drug-likeness (QED) is 0.892. The number of carbonyl (C=O) groups excluding carboxylic acids is 2. The van der Waals surface area contributed by atoms with Crippen molar-refractivity contribution in [1.82, 2.24) is 9.97 Å². The average Bonchev–Trinajstić information content (AvgIpc) is 3.07. The highest BCUT2D eigenvalue weighted by atomic mass is 16.6. The van der Waals surface area contributed by atoms with Crippen LogP contribution in [0.5, 0.6) is 0 Å². The first-order valence-corrected chi connectivity index (χ1v) is 6.89. The van der Waals surface area contributed by atoms with E-state index in [2.05, 4.69) is 20.6 Å². The lowest BCUT2D eigenvalue weighted by atomic mass is 10.2. The Bertz CT molecular complexity index is 562. The number of aromatic nitrogens is 2. The SMILES string of the molecule is Cc1nc(NC(=O)OC(C)(C)C)cc(NC(=O)C2CC2)n1. The van der Waals surface area contributed by atoms with Crippen LogP contribution in [0.1, 0.15) is 39.4 Å². The minimum Gasteiger partial charge on any atom is -0.444 e. The van der Waals surface area contributed by atoms with Gasteiger partial charge in [-0.3, -0.25) is 10.1 Å². The average molecular weight is 292 g/mol. The predicted octanol–water partition coefficient (Wildman–Crippen LogP) is 2.48. The van der Waals surface area contributed by atoms with E-state index in [1.807, 2.05) is 0 Å². The highest BCUT2D eigenvalue weighted by Crippen LogP contribution is 2.30. The van der Waals surface area contributed by atoms with Gasteiger partial charge < -0.3 is 10.1 Å². The number of hydrogen-bond acceptors (Lipinski definition) is 5. The van der Waals surface area contributed by atoms with E-state index < -0.39 is 11.7 Å². The van der Waals surface area contributed by atoms with Gasteiger partial charge in [0.2, 0.25) is 5.91 Å². The maximum atomic E-state index is 11.7. The summed E-state index contributed by atoms with van der Waals surface area (Å²) < 4.78 is 5.15. The van der Waals surface area contributed by atoms with Crippen molar-refractivity contribution in [2.45, 2.75) is 46.1 Å². The van der Waals surface area contributed by atoms with Gasteiger partial charge in [-0.1, -0.05) is 0 Å².